The lowest BCUT2D eigenvalue weighted by atomic mass is 10.1. The number of carbonyl (C=O) groups is 1. The number of alkyl halides is 3. The van der Waals surface area contributed by atoms with Crippen LogP contribution < -0.4 is 10.1 Å². The number of hydrogen-bond acceptors (Lipinski definition) is 4. The molecular formula is C20H17F3N2O3. The fraction of sp³-hybridized carbons (Fsp3) is 0.200. The molecule has 2 aromatic carbocycles. The molecule has 146 valence electrons. The van der Waals surface area contributed by atoms with Crippen molar-refractivity contribution in [2.45, 2.75) is 19.6 Å². The average molecular weight is 390 g/mol. The van der Waals surface area contributed by atoms with Gasteiger partial charge >= 0.3 is 6.18 Å². The van der Waals surface area contributed by atoms with Gasteiger partial charge in [0.05, 0.1) is 0 Å². The van der Waals surface area contributed by atoms with Gasteiger partial charge in [-0.2, -0.15) is 13.2 Å². The number of rotatable bonds is 6. The molecule has 0 saturated carbocycles. The van der Waals surface area contributed by atoms with Gasteiger partial charge in [-0.15, -0.1) is 0 Å². The largest absolute Gasteiger partial charge is 0.484 e. The highest BCUT2D eigenvalue weighted by molar-refractivity contribution is 5.94. The highest BCUT2D eigenvalue weighted by atomic mass is 19.4. The van der Waals surface area contributed by atoms with Crippen LogP contribution in [0.25, 0.3) is 11.3 Å². The van der Waals surface area contributed by atoms with Crippen LogP contribution in [0, 0.1) is 6.92 Å². The highest BCUT2D eigenvalue weighted by Crippen LogP contribution is 2.25. The fourth-order valence-corrected chi connectivity index (χ4v) is 2.54. The van der Waals surface area contributed by atoms with Gasteiger partial charge in [-0.25, -0.2) is 0 Å². The normalized spacial score (nSPS) is 11.3. The lowest BCUT2D eigenvalue weighted by Gasteiger charge is -2.10. The van der Waals surface area contributed by atoms with Crippen LogP contribution in [0.1, 0.15) is 21.6 Å². The van der Waals surface area contributed by atoms with Crippen molar-refractivity contribution in [3.8, 4) is 17.1 Å². The third-order valence-electron chi connectivity index (χ3n) is 3.95. The van der Waals surface area contributed by atoms with Crippen LogP contribution in [0.2, 0.25) is 0 Å². The smallest absolute Gasteiger partial charge is 0.422 e. The average Bonchev–Trinajstić information content (AvgIpc) is 3.07. The molecule has 1 N–H and O–H groups in total. The zero-order valence-corrected chi connectivity index (χ0v) is 14.9. The fourth-order valence-electron chi connectivity index (χ4n) is 2.54. The Hall–Kier alpha value is -3.29. The van der Waals surface area contributed by atoms with Crippen LogP contribution in [0.3, 0.4) is 0 Å². The molecule has 0 fully saturated rings. The van der Waals surface area contributed by atoms with Gasteiger partial charge in [-0.3, -0.25) is 4.79 Å². The minimum Gasteiger partial charge on any atom is -0.484 e. The van der Waals surface area contributed by atoms with E-state index in [4.69, 9.17) is 4.52 Å². The molecular weight excluding hydrogens is 373 g/mol. The van der Waals surface area contributed by atoms with Gasteiger partial charge in [0.2, 0.25) is 0 Å². The number of carbonyl (C=O) groups excluding carboxylic acids is 1. The first-order valence-corrected chi connectivity index (χ1v) is 8.42. The Balaban J connectivity index is 1.59. The second kappa shape index (κ2) is 8.16. The molecule has 1 aromatic heterocycles. The molecule has 0 unspecified atom stereocenters. The van der Waals surface area contributed by atoms with E-state index in [1.165, 1.54) is 12.1 Å². The highest BCUT2D eigenvalue weighted by Gasteiger charge is 2.28. The number of halogens is 3. The third-order valence-corrected chi connectivity index (χ3v) is 3.95. The molecule has 0 aliphatic heterocycles. The molecule has 1 amide bonds. The van der Waals surface area contributed by atoms with Gasteiger partial charge in [0.1, 0.15) is 5.75 Å². The summed E-state index contributed by atoms with van der Waals surface area (Å²) in [6, 6.07) is 15.3. The van der Waals surface area contributed by atoms with Gasteiger partial charge in [-0.1, -0.05) is 47.6 Å². The number of benzene rings is 2. The summed E-state index contributed by atoms with van der Waals surface area (Å²) in [5, 5.41) is 6.57. The van der Waals surface area contributed by atoms with Crippen LogP contribution in [0.4, 0.5) is 13.2 Å². The molecule has 3 aromatic rings. The first kappa shape index (κ1) is 19.5. The van der Waals surface area contributed by atoms with Gasteiger partial charge < -0.3 is 14.6 Å². The molecule has 0 aliphatic carbocycles. The van der Waals surface area contributed by atoms with E-state index in [1.807, 2.05) is 30.3 Å². The van der Waals surface area contributed by atoms with Crippen molar-refractivity contribution >= 4 is 5.91 Å². The summed E-state index contributed by atoms with van der Waals surface area (Å²) in [6.07, 6.45) is -4.39. The quantitative estimate of drug-likeness (QED) is 0.672. The molecule has 0 aliphatic rings. The second-order valence-corrected chi connectivity index (χ2v) is 6.08. The Morgan fingerprint density at radius 3 is 2.43 bits per heavy atom. The SMILES string of the molecule is Cc1c(C(=O)NCc2ccc(OCC(F)(F)F)cc2)noc1-c1ccccc1. The van der Waals surface area contributed by atoms with Crippen molar-refractivity contribution in [1.29, 1.82) is 0 Å². The third kappa shape index (κ3) is 4.91. The zero-order valence-electron chi connectivity index (χ0n) is 14.9. The molecule has 0 bridgehead atoms. The number of ether oxygens (including phenoxy) is 1. The van der Waals surface area contributed by atoms with E-state index >= 15 is 0 Å². The van der Waals surface area contributed by atoms with E-state index in [-0.39, 0.29) is 18.0 Å². The van der Waals surface area contributed by atoms with Crippen LogP contribution in [0.5, 0.6) is 5.75 Å². The summed E-state index contributed by atoms with van der Waals surface area (Å²) < 4.78 is 46.4. The topological polar surface area (TPSA) is 64.4 Å². The standard InChI is InChI=1S/C20H17F3N2O3/c1-13-17(25-28-18(13)15-5-3-2-4-6-15)19(26)24-11-14-7-9-16(10-8-14)27-12-20(21,22)23/h2-10H,11-12H2,1H3,(H,24,26). The van der Waals surface area contributed by atoms with Crippen LogP contribution >= 0.6 is 0 Å². The van der Waals surface area contributed by atoms with Gasteiger partial charge in [-0.05, 0) is 24.6 Å². The Labute approximate surface area is 159 Å². The van der Waals surface area contributed by atoms with Gasteiger partial charge in [0.15, 0.2) is 18.1 Å². The lowest BCUT2D eigenvalue weighted by molar-refractivity contribution is -0.153. The Morgan fingerprint density at radius 1 is 1.11 bits per heavy atom. The van der Waals surface area contributed by atoms with Crippen molar-refractivity contribution in [1.82, 2.24) is 10.5 Å². The number of nitrogens with zero attached hydrogens (tertiary/aromatic N) is 1. The van der Waals surface area contributed by atoms with Crippen molar-refractivity contribution in [2.24, 2.45) is 0 Å². The van der Waals surface area contributed by atoms with Crippen molar-refractivity contribution in [2.75, 3.05) is 6.61 Å². The lowest BCUT2D eigenvalue weighted by Crippen LogP contribution is -2.23. The summed E-state index contributed by atoms with van der Waals surface area (Å²) in [6.45, 7) is 0.587. The Morgan fingerprint density at radius 2 is 1.79 bits per heavy atom. The Kier molecular flexibility index (Phi) is 5.67. The van der Waals surface area contributed by atoms with Crippen LogP contribution in [0.15, 0.2) is 59.1 Å². The summed E-state index contributed by atoms with van der Waals surface area (Å²) in [5.74, 6) is 0.227. The first-order valence-electron chi connectivity index (χ1n) is 8.42. The van der Waals surface area contributed by atoms with Crippen molar-refractivity contribution < 1.29 is 27.2 Å². The summed E-state index contributed by atoms with van der Waals surface area (Å²) in [4.78, 5) is 12.4. The Bertz CT molecular complexity index is 936. The minimum atomic E-state index is -4.39. The maximum Gasteiger partial charge on any atom is 0.422 e. The predicted molar refractivity (Wildman–Crippen MR) is 95.8 cm³/mol. The summed E-state index contributed by atoms with van der Waals surface area (Å²) >= 11 is 0. The van der Waals surface area contributed by atoms with Crippen molar-refractivity contribution in [3.05, 3.63) is 71.4 Å². The molecule has 1 heterocycles. The summed E-state index contributed by atoms with van der Waals surface area (Å²) in [7, 11) is 0. The molecule has 0 saturated heterocycles. The van der Waals surface area contributed by atoms with E-state index in [9.17, 15) is 18.0 Å². The first-order chi connectivity index (χ1) is 13.3. The summed E-state index contributed by atoms with van der Waals surface area (Å²) in [5.41, 5.74) is 2.33. The monoisotopic (exact) mass is 390 g/mol. The molecule has 3 rings (SSSR count). The number of nitrogens with one attached hydrogen (secondary N) is 1. The van der Waals surface area contributed by atoms with Crippen LogP contribution in [-0.2, 0) is 6.54 Å². The molecule has 0 radical (unpaired) electrons. The van der Waals surface area contributed by atoms with Gasteiger partial charge in [0.25, 0.3) is 5.91 Å². The van der Waals surface area contributed by atoms with E-state index in [2.05, 4.69) is 15.2 Å². The predicted octanol–water partition coefficient (Wildman–Crippen LogP) is 4.52. The zero-order chi connectivity index (χ0) is 20.1. The maximum absolute atomic E-state index is 12.4. The van der Waals surface area contributed by atoms with E-state index in [0.29, 0.717) is 16.9 Å². The van der Waals surface area contributed by atoms with E-state index in [0.717, 1.165) is 5.56 Å². The number of amides is 1. The number of aromatic nitrogens is 1. The number of hydrogen-bond donors (Lipinski definition) is 1. The molecule has 0 atom stereocenters. The minimum absolute atomic E-state index is 0.104. The van der Waals surface area contributed by atoms with Crippen LogP contribution in [-0.4, -0.2) is 23.8 Å². The molecule has 5 nitrogen and oxygen atoms in total. The van der Waals surface area contributed by atoms with E-state index < -0.39 is 18.7 Å². The maximum atomic E-state index is 12.4. The second-order valence-electron chi connectivity index (χ2n) is 6.08. The van der Waals surface area contributed by atoms with E-state index in [1.54, 1.807) is 19.1 Å². The molecule has 0 spiro atoms. The molecule has 28 heavy (non-hydrogen) atoms. The van der Waals surface area contributed by atoms with Gasteiger partial charge in [0, 0.05) is 17.7 Å². The molecule has 8 heteroatoms. The van der Waals surface area contributed by atoms with Crippen molar-refractivity contribution in [3.63, 3.8) is 0 Å².